The van der Waals surface area contributed by atoms with Crippen LogP contribution in [0.1, 0.15) is 16.8 Å². The summed E-state index contributed by atoms with van der Waals surface area (Å²) < 4.78 is 43.4. The fraction of sp³-hybridized carbons (Fsp3) is 0.214. The molecule has 7 heteroatoms. The normalized spacial score (nSPS) is 10.9. The number of hydrogen-bond donors (Lipinski definition) is 0. The average molecular weight is 319 g/mol. The summed E-state index contributed by atoms with van der Waals surface area (Å²) in [6, 6.07) is 7.25. The molecule has 0 saturated carbocycles. The molecular formula is C14H14BF3KNO. The van der Waals surface area contributed by atoms with Crippen molar-refractivity contribution in [3.63, 3.8) is 0 Å². The zero-order valence-corrected chi connectivity index (χ0v) is 15.4. The van der Waals surface area contributed by atoms with Gasteiger partial charge in [-0.05, 0) is 37.1 Å². The molecule has 0 aliphatic heterocycles. The predicted molar refractivity (Wildman–Crippen MR) is 73.2 cm³/mol. The molecule has 0 spiro atoms. The van der Waals surface area contributed by atoms with E-state index in [1.165, 1.54) is 6.07 Å². The molecule has 21 heavy (non-hydrogen) atoms. The first kappa shape index (κ1) is 18.7. The van der Waals surface area contributed by atoms with Crippen LogP contribution in [0.25, 0.3) is 0 Å². The zero-order valence-electron chi connectivity index (χ0n) is 12.2. The van der Waals surface area contributed by atoms with Crippen LogP contribution in [0.3, 0.4) is 0 Å². The first-order valence-corrected chi connectivity index (χ1v) is 6.21. The number of hydrogen-bond acceptors (Lipinski definition) is 2. The van der Waals surface area contributed by atoms with Gasteiger partial charge >= 0.3 is 58.4 Å². The maximum Gasteiger partial charge on any atom is 1.00 e. The summed E-state index contributed by atoms with van der Waals surface area (Å²) in [6.07, 6.45) is 1.66. The smallest absolute Gasteiger partial charge is 0.487 e. The Balaban J connectivity index is 0.00000220. The Kier molecular flexibility index (Phi) is 6.93. The maximum absolute atomic E-state index is 12.6. The molecule has 0 N–H and O–H groups in total. The van der Waals surface area contributed by atoms with Gasteiger partial charge in [0, 0.05) is 6.20 Å². The number of ether oxygens (including phenoxy) is 1. The maximum atomic E-state index is 12.6. The van der Waals surface area contributed by atoms with Crippen LogP contribution in [0.2, 0.25) is 0 Å². The molecule has 1 aromatic carbocycles. The van der Waals surface area contributed by atoms with Crippen molar-refractivity contribution in [2.45, 2.75) is 20.5 Å². The van der Waals surface area contributed by atoms with E-state index < -0.39 is 12.4 Å². The molecule has 106 valence electrons. The Bertz CT molecular complexity index is 619. The monoisotopic (exact) mass is 319 g/mol. The van der Waals surface area contributed by atoms with Crippen LogP contribution < -0.4 is 61.6 Å². The van der Waals surface area contributed by atoms with Crippen molar-refractivity contribution in [2.24, 2.45) is 0 Å². The van der Waals surface area contributed by atoms with Crippen LogP contribution in [0, 0.1) is 13.8 Å². The summed E-state index contributed by atoms with van der Waals surface area (Å²) in [5.41, 5.74) is 1.62. The van der Waals surface area contributed by atoms with Crippen LogP contribution in [-0.2, 0) is 6.61 Å². The van der Waals surface area contributed by atoms with Gasteiger partial charge < -0.3 is 17.7 Å². The first-order chi connectivity index (χ1) is 9.38. The van der Waals surface area contributed by atoms with E-state index in [0.717, 1.165) is 23.4 Å². The first-order valence-electron chi connectivity index (χ1n) is 6.21. The van der Waals surface area contributed by atoms with Crippen molar-refractivity contribution in [2.75, 3.05) is 0 Å². The quantitative estimate of drug-likeness (QED) is 0.758. The summed E-state index contributed by atoms with van der Waals surface area (Å²) >= 11 is 0. The summed E-state index contributed by atoms with van der Waals surface area (Å²) in [5.74, 6) is 0.443. The second-order valence-corrected chi connectivity index (χ2v) is 4.66. The number of aryl methyl sites for hydroxylation is 2. The Morgan fingerprint density at radius 3 is 2.38 bits per heavy atom. The van der Waals surface area contributed by atoms with Crippen LogP contribution in [0.15, 0.2) is 36.5 Å². The topological polar surface area (TPSA) is 22.1 Å². The molecule has 1 heterocycles. The Morgan fingerprint density at radius 2 is 1.81 bits per heavy atom. The molecule has 1 aromatic heterocycles. The summed E-state index contributed by atoms with van der Waals surface area (Å²) in [4.78, 5) is 4.18. The third kappa shape index (κ3) is 5.10. The van der Waals surface area contributed by atoms with Crippen LogP contribution in [0.4, 0.5) is 12.9 Å². The Hall–Kier alpha value is -0.339. The molecule has 0 aliphatic carbocycles. The minimum atomic E-state index is -4.97. The third-order valence-corrected chi connectivity index (χ3v) is 3.06. The van der Waals surface area contributed by atoms with E-state index >= 15 is 0 Å². The van der Waals surface area contributed by atoms with E-state index in [1.807, 2.05) is 19.1 Å². The summed E-state index contributed by atoms with van der Waals surface area (Å²) in [5, 5.41) is 0. The molecule has 2 rings (SSSR count). The van der Waals surface area contributed by atoms with E-state index in [0.29, 0.717) is 11.3 Å². The summed E-state index contributed by atoms with van der Waals surface area (Å²) in [6.45, 7) is -1.22. The average Bonchev–Trinajstić information content (AvgIpc) is 2.38. The SMILES string of the molecule is Cc1cc([B-](F)(F)F)ccc1OCc1ncccc1C.[K+]. The predicted octanol–water partition coefficient (Wildman–Crippen LogP) is 0.336. The van der Waals surface area contributed by atoms with Gasteiger partial charge in [0.15, 0.2) is 0 Å². The molecule has 0 amide bonds. The second kappa shape index (κ2) is 7.78. The van der Waals surface area contributed by atoms with E-state index in [9.17, 15) is 12.9 Å². The fourth-order valence-corrected chi connectivity index (χ4v) is 1.85. The Morgan fingerprint density at radius 1 is 1.10 bits per heavy atom. The van der Waals surface area contributed by atoms with Gasteiger partial charge in [-0.2, -0.15) is 0 Å². The molecule has 0 bridgehead atoms. The van der Waals surface area contributed by atoms with Crippen molar-refractivity contribution in [3.8, 4) is 5.75 Å². The number of aromatic nitrogens is 1. The minimum Gasteiger partial charge on any atom is -0.487 e. The van der Waals surface area contributed by atoms with Crippen molar-refractivity contribution in [1.29, 1.82) is 0 Å². The van der Waals surface area contributed by atoms with E-state index in [2.05, 4.69) is 4.98 Å². The zero-order chi connectivity index (χ0) is 14.8. The number of benzene rings is 1. The van der Waals surface area contributed by atoms with E-state index in [-0.39, 0.29) is 58.0 Å². The number of rotatable bonds is 4. The van der Waals surface area contributed by atoms with Crippen molar-refractivity contribution in [3.05, 3.63) is 53.3 Å². The standard InChI is InChI=1S/C14H14BF3NO.K/c1-10-4-3-7-19-13(10)9-20-14-6-5-12(8-11(14)2)15(16,17)18;/h3-8H,9H2,1-2H3;/q-1;+1. The van der Waals surface area contributed by atoms with Gasteiger partial charge in [-0.15, -0.1) is 5.46 Å². The number of pyridine rings is 1. The number of nitrogens with zero attached hydrogens (tertiary/aromatic N) is 1. The van der Waals surface area contributed by atoms with Gasteiger partial charge in [-0.3, -0.25) is 4.98 Å². The largest absolute Gasteiger partial charge is 1.00 e. The molecule has 0 saturated heterocycles. The van der Waals surface area contributed by atoms with Gasteiger partial charge in [-0.1, -0.05) is 18.2 Å². The number of halogens is 3. The fourth-order valence-electron chi connectivity index (χ4n) is 1.85. The van der Waals surface area contributed by atoms with Gasteiger partial charge in [0.2, 0.25) is 0 Å². The van der Waals surface area contributed by atoms with Crippen molar-refractivity contribution >= 4 is 12.4 Å². The Labute approximate surface area is 164 Å². The van der Waals surface area contributed by atoms with Crippen LogP contribution in [-0.4, -0.2) is 12.0 Å². The van der Waals surface area contributed by atoms with Gasteiger partial charge in [0.1, 0.15) is 12.4 Å². The van der Waals surface area contributed by atoms with Gasteiger partial charge in [0.05, 0.1) is 5.69 Å². The minimum absolute atomic E-state index is 0. The molecular weight excluding hydrogens is 305 g/mol. The molecule has 0 unspecified atom stereocenters. The second-order valence-electron chi connectivity index (χ2n) is 4.66. The van der Waals surface area contributed by atoms with Crippen LogP contribution >= 0.6 is 0 Å². The molecule has 0 radical (unpaired) electrons. The van der Waals surface area contributed by atoms with Crippen molar-refractivity contribution in [1.82, 2.24) is 4.98 Å². The summed E-state index contributed by atoms with van der Waals surface area (Å²) in [7, 11) is 0. The molecule has 0 aliphatic rings. The van der Waals surface area contributed by atoms with Crippen molar-refractivity contribution < 1.29 is 69.1 Å². The molecule has 0 atom stereocenters. The molecule has 0 fully saturated rings. The van der Waals surface area contributed by atoms with Gasteiger partial charge in [0.25, 0.3) is 0 Å². The molecule has 2 nitrogen and oxygen atoms in total. The van der Waals surface area contributed by atoms with Crippen LogP contribution in [0.5, 0.6) is 5.75 Å². The molecule has 2 aromatic rings. The van der Waals surface area contributed by atoms with E-state index in [1.54, 1.807) is 13.1 Å². The van der Waals surface area contributed by atoms with E-state index in [4.69, 9.17) is 4.74 Å². The third-order valence-electron chi connectivity index (χ3n) is 3.06. The van der Waals surface area contributed by atoms with Gasteiger partial charge in [-0.25, -0.2) is 0 Å².